The van der Waals surface area contributed by atoms with E-state index in [0.717, 1.165) is 37.3 Å². The Morgan fingerprint density at radius 1 is 1.04 bits per heavy atom. The average molecular weight is 338 g/mol. The third kappa shape index (κ3) is 5.30. The first-order chi connectivity index (χ1) is 12.2. The molecule has 2 aromatic rings. The molecule has 0 bridgehead atoms. The number of benzene rings is 1. The standard InChI is InChI=1S/C22H31N3/c1-18-11-12-19(2)21(16-18)23-14-15-25(22-10-6-7-13-24-22)17-20-8-4-3-5-9-20/h3-10,13,18-19,21,23H,11-12,14-17H2,1-2H3. The molecule has 1 aromatic heterocycles. The van der Waals surface area contributed by atoms with Crippen molar-refractivity contribution in [2.75, 3.05) is 18.0 Å². The van der Waals surface area contributed by atoms with E-state index in [1.54, 1.807) is 0 Å². The van der Waals surface area contributed by atoms with Gasteiger partial charge in [0, 0.05) is 31.9 Å². The molecule has 1 heterocycles. The summed E-state index contributed by atoms with van der Waals surface area (Å²) in [6, 6.07) is 17.5. The topological polar surface area (TPSA) is 28.2 Å². The number of hydrogen-bond acceptors (Lipinski definition) is 3. The van der Waals surface area contributed by atoms with Crippen LogP contribution >= 0.6 is 0 Å². The summed E-state index contributed by atoms with van der Waals surface area (Å²) in [4.78, 5) is 6.94. The molecule has 1 aromatic carbocycles. The summed E-state index contributed by atoms with van der Waals surface area (Å²) >= 11 is 0. The molecule has 1 fully saturated rings. The second-order valence-corrected chi connectivity index (χ2v) is 7.55. The third-order valence-electron chi connectivity index (χ3n) is 5.44. The fourth-order valence-corrected chi connectivity index (χ4v) is 3.82. The van der Waals surface area contributed by atoms with E-state index in [2.05, 4.69) is 71.5 Å². The van der Waals surface area contributed by atoms with Gasteiger partial charge in [-0.15, -0.1) is 0 Å². The molecule has 3 nitrogen and oxygen atoms in total. The quantitative estimate of drug-likeness (QED) is 0.806. The maximum atomic E-state index is 4.57. The molecule has 3 rings (SSSR count). The van der Waals surface area contributed by atoms with Gasteiger partial charge in [0.25, 0.3) is 0 Å². The zero-order valence-corrected chi connectivity index (χ0v) is 15.6. The predicted octanol–water partition coefficient (Wildman–Crippen LogP) is 4.50. The van der Waals surface area contributed by atoms with Crippen molar-refractivity contribution in [3.63, 3.8) is 0 Å². The highest BCUT2D eigenvalue weighted by Gasteiger charge is 2.24. The predicted molar refractivity (Wildman–Crippen MR) is 106 cm³/mol. The number of rotatable bonds is 7. The summed E-state index contributed by atoms with van der Waals surface area (Å²) in [5.41, 5.74) is 1.33. The van der Waals surface area contributed by atoms with Crippen molar-refractivity contribution in [3.05, 3.63) is 60.3 Å². The molecule has 1 aliphatic rings. The van der Waals surface area contributed by atoms with Crippen molar-refractivity contribution in [1.29, 1.82) is 0 Å². The smallest absolute Gasteiger partial charge is 0.128 e. The maximum Gasteiger partial charge on any atom is 0.128 e. The Morgan fingerprint density at radius 2 is 1.84 bits per heavy atom. The molecule has 0 radical (unpaired) electrons. The molecule has 3 atom stereocenters. The van der Waals surface area contributed by atoms with E-state index in [0.29, 0.717) is 6.04 Å². The Morgan fingerprint density at radius 3 is 2.60 bits per heavy atom. The molecule has 1 saturated carbocycles. The minimum atomic E-state index is 0.658. The SMILES string of the molecule is CC1CCC(C)C(NCCN(Cc2ccccc2)c2ccccn2)C1. The Kier molecular flexibility index (Phi) is 6.46. The van der Waals surface area contributed by atoms with Gasteiger partial charge in [-0.05, 0) is 42.4 Å². The van der Waals surface area contributed by atoms with Crippen LogP contribution in [0.25, 0.3) is 0 Å². The lowest BCUT2D eigenvalue weighted by Crippen LogP contribution is -2.43. The molecule has 1 aliphatic carbocycles. The van der Waals surface area contributed by atoms with Crippen molar-refractivity contribution in [1.82, 2.24) is 10.3 Å². The highest BCUT2D eigenvalue weighted by atomic mass is 15.2. The highest BCUT2D eigenvalue weighted by Crippen LogP contribution is 2.28. The molecule has 1 N–H and O–H groups in total. The van der Waals surface area contributed by atoms with Gasteiger partial charge >= 0.3 is 0 Å². The maximum absolute atomic E-state index is 4.57. The number of hydrogen-bond donors (Lipinski definition) is 1. The van der Waals surface area contributed by atoms with Crippen LogP contribution in [0.5, 0.6) is 0 Å². The first-order valence-corrected chi connectivity index (χ1v) is 9.65. The third-order valence-corrected chi connectivity index (χ3v) is 5.44. The van der Waals surface area contributed by atoms with Gasteiger partial charge in [-0.1, -0.05) is 56.7 Å². The first-order valence-electron chi connectivity index (χ1n) is 9.65. The molecule has 134 valence electrons. The van der Waals surface area contributed by atoms with E-state index in [1.165, 1.54) is 24.8 Å². The molecular weight excluding hydrogens is 306 g/mol. The van der Waals surface area contributed by atoms with Gasteiger partial charge in [0.2, 0.25) is 0 Å². The summed E-state index contributed by atoms with van der Waals surface area (Å²) in [6.07, 6.45) is 5.93. The number of nitrogens with zero attached hydrogens (tertiary/aromatic N) is 2. The monoisotopic (exact) mass is 337 g/mol. The first kappa shape index (κ1) is 17.9. The molecule has 3 unspecified atom stereocenters. The zero-order valence-electron chi connectivity index (χ0n) is 15.6. The molecular formula is C22H31N3. The lowest BCUT2D eigenvalue weighted by molar-refractivity contribution is 0.230. The summed E-state index contributed by atoms with van der Waals surface area (Å²) in [6.45, 7) is 7.66. The van der Waals surface area contributed by atoms with E-state index < -0.39 is 0 Å². The van der Waals surface area contributed by atoms with Crippen molar-refractivity contribution < 1.29 is 0 Å². The molecule has 0 aliphatic heterocycles. The van der Waals surface area contributed by atoms with Gasteiger partial charge in [-0.2, -0.15) is 0 Å². The molecule has 3 heteroatoms. The van der Waals surface area contributed by atoms with Crippen molar-refractivity contribution in [3.8, 4) is 0 Å². The molecule has 0 saturated heterocycles. The fourth-order valence-electron chi connectivity index (χ4n) is 3.82. The minimum Gasteiger partial charge on any atom is -0.351 e. The van der Waals surface area contributed by atoms with Crippen LogP contribution in [0, 0.1) is 11.8 Å². The molecule has 0 spiro atoms. The number of anilines is 1. The Labute approximate surface area is 152 Å². The van der Waals surface area contributed by atoms with Crippen molar-refractivity contribution in [2.24, 2.45) is 11.8 Å². The summed E-state index contributed by atoms with van der Waals surface area (Å²) in [5.74, 6) is 2.69. The zero-order chi connectivity index (χ0) is 17.5. The highest BCUT2D eigenvalue weighted by molar-refractivity contribution is 5.39. The second-order valence-electron chi connectivity index (χ2n) is 7.55. The van der Waals surface area contributed by atoms with Crippen LogP contribution in [-0.2, 0) is 6.54 Å². The van der Waals surface area contributed by atoms with E-state index in [9.17, 15) is 0 Å². The van der Waals surface area contributed by atoms with Crippen molar-refractivity contribution >= 4 is 5.82 Å². The van der Waals surface area contributed by atoms with E-state index in [1.807, 2.05) is 12.3 Å². The van der Waals surface area contributed by atoms with Gasteiger partial charge in [0.05, 0.1) is 0 Å². The van der Waals surface area contributed by atoms with Gasteiger partial charge < -0.3 is 10.2 Å². The Hall–Kier alpha value is -1.87. The lowest BCUT2D eigenvalue weighted by Gasteiger charge is -2.34. The summed E-state index contributed by atoms with van der Waals surface area (Å²) in [5, 5.41) is 3.82. The lowest BCUT2D eigenvalue weighted by atomic mass is 9.80. The average Bonchev–Trinajstić information content (AvgIpc) is 2.65. The van der Waals surface area contributed by atoms with Crippen LogP contribution in [0.1, 0.15) is 38.7 Å². The van der Waals surface area contributed by atoms with Gasteiger partial charge in [0.15, 0.2) is 0 Å². The van der Waals surface area contributed by atoms with E-state index in [-0.39, 0.29) is 0 Å². The van der Waals surface area contributed by atoms with Crippen molar-refractivity contribution in [2.45, 2.75) is 45.7 Å². The van der Waals surface area contributed by atoms with Crippen LogP contribution < -0.4 is 10.2 Å². The Bertz CT molecular complexity index is 614. The minimum absolute atomic E-state index is 0.658. The van der Waals surface area contributed by atoms with Gasteiger partial charge in [-0.3, -0.25) is 0 Å². The number of nitrogens with one attached hydrogen (secondary N) is 1. The van der Waals surface area contributed by atoms with E-state index in [4.69, 9.17) is 0 Å². The van der Waals surface area contributed by atoms with Crippen LogP contribution in [0.2, 0.25) is 0 Å². The molecule has 0 amide bonds. The van der Waals surface area contributed by atoms with Crippen LogP contribution in [0.15, 0.2) is 54.7 Å². The van der Waals surface area contributed by atoms with Crippen LogP contribution in [-0.4, -0.2) is 24.1 Å². The fraction of sp³-hybridized carbons (Fsp3) is 0.500. The number of aromatic nitrogens is 1. The Balaban J connectivity index is 1.60. The largest absolute Gasteiger partial charge is 0.351 e. The molecule has 25 heavy (non-hydrogen) atoms. The van der Waals surface area contributed by atoms with Crippen LogP contribution in [0.3, 0.4) is 0 Å². The van der Waals surface area contributed by atoms with Gasteiger partial charge in [-0.25, -0.2) is 4.98 Å². The normalized spacial score (nSPS) is 23.4. The summed E-state index contributed by atoms with van der Waals surface area (Å²) in [7, 11) is 0. The summed E-state index contributed by atoms with van der Waals surface area (Å²) < 4.78 is 0. The van der Waals surface area contributed by atoms with Gasteiger partial charge in [0.1, 0.15) is 5.82 Å². The number of pyridine rings is 1. The second kappa shape index (κ2) is 9.00. The van der Waals surface area contributed by atoms with E-state index >= 15 is 0 Å². The van der Waals surface area contributed by atoms with Crippen LogP contribution in [0.4, 0.5) is 5.82 Å².